The van der Waals surface area contributed by atoms with E-state index in [4.69, 9.17) is 9.15 Å². The summed E-state index contributed by atoms with van der Waals surface area (Å²) in [4.78, 5) is 28.4. The summed E-state index contributed by atoms with van der Waals surface area (Å²) in [7, 11) is 0. The number of para-hydroxylation sites is 1. The molecule has 0 saturated carbocycles. The van der Waals surface area contributed by atoms with E-state index < -0.39 is 5.97 Å². The van der Waals surface area contributed by atoms with Gasteiger partial charge in [0.25, 0.3) is 0 Å². The Hall–Kier alpha value is -2.67. The van der Waals surface area contributed by atoms with Crippen molar-refractivity contribution in [2.75, 3.05) is 19.6 Å². The van der Waals surface area contributed by atoms with Crippen LogP contribution in [-0.2, 0) is 4.74 Å². The Morgan fingerprint density at radius 1 is 1.06 bits per heavy atom. The van der Waals surface area contributed by atoms with E-state index in [1.165, 1.54) is 19.3 Å². The highest BCUT2D eigenvalue weighted by atomic mass is 35.5. The molecule has 1 unspecified atom stereocenters. The monoisotopic (exact) mass is 473 g/mol. The van der Waals surface area contributed by atoms with E-state index in [1.807, 2.05) is 37.3 Å². The molecule has 2 N–H and O–H groups in total. The number of fused-ring (bicyclic) bond motifs is 1. The Balaban J connectivity index is 0.00000193. The molecular formula is C26H32ClNO5. The van der Waals surface area contributed by atoms with Gasteiger partial charge < -0.3 is 19.5 Å². The van der Waals surface area contributed by atoms with Crippen molar-refractivity contribution in [3.8, 4) is 11.3 Å². The summed E-state index contributed by atoms with van der Waals surface area (Å²) in [5.74, 6) is 0.0271. The van der Waals surface area contributed by atoms with Gasteiger partial charge >= 0.3 is 5.97 Å². The first-order valence-corrected chi connectivity index (χ1v) is 11.1. The third-order valence-corrected chi connectivity index (χ3v) is 6.01. The van der Waals surface area contributed by atoms with Gasteiger partial charge in [0.05, 0.1) is 5.39 Å². The van der Waals surface area contributed by atoms with Crippen LogP contribution in [0, 0.1) is 6.92 Å². The molecular weight excluding hydrogens is 442 g/mol. The van der Waals surface area contributed by atoms with Crippen LogP contribution < -0.4 is 5.43 Å². The number of carbonyl (C=O) groups is 1. The third-order valence-electron chi connectivity index (χ3n) is 6.01. The molecule has 1 fully saturated rings. The lowest BCUT2D eigenvalue weighted by Crippen LogP contribution is -2.32. The zero-order chi connectivity index (χ0) is 21.8. The summed E-state index contributed by atoms with van der Waals surface area (Å²) >= 11 is 0. The highest BCUT2D eigenvalue weighted by molar-refractivity contribution is 6.02. The maximum atomic E-state index is 13.0. The van der Waals surface area contributed by atoms with Crippen LogP contribution in [0.5, 0.6) is 0 Å². The van der Waals surface area contributed by atoms with Crippen molar-refractivity contribution in [1.29, 1.82) is 0 Å². The fourth-order valence-electron chi connectivity index (χ4n) is 4.19. The third kappa shape index (κ3) is 6.02. The van der Waals surface area contributed by atoms with Crippen LogP contribution in [0.3, 0.4) is 0 Å². The van der Waals surface area contributed by atoms with Gasteiger partial charge in [-0.05, 0) is 58.3 Å². The molecule has 7 heteroatoms. The van der Waals surface area contributed by atoms with Crippen molar-refractivity contribution < 1.29 is 19.4 Å². The quantitative estimate of drug-likeness (QED) is 0.480. The van der Waals surface area contributed by atoms with Gasteiger partial charge in [-0.2, -0.15) is 0 Å². The standard InChI is InChI=1S/C26H29NO4.ClH.H2O/c1-18(14-17-27-15-7-4-8-16-27)30-26(29)22-13-9-12-21-23(28)19(2)24(31-25(21)22)20-10-5-3-6-11-20;;/h3,5-6,9-13,18H,4,7-8,14-17H2,1-2H3;1H;1H2. The minimum Gasteiger partial charge on any atom is -0.459 e. The summed E-state index contributed by atoms with van der Waals surface area (Å²) < 4.78 is 11.9. The number of benzene rings is 2. The average Bonchev–Trinajstić information content (AvgIpc) is 2.81. The lowest BCUT2D eigenvalue weighted by Gasteiger charge is -2.27. The molecule has 1 aliphatic heterocycles. The number of carbonyl (C=O) groups excluding carboxylic acids is 1. The average molecular weight is 474 g/mol. The van der Waals surface area contributed by atoms with Crippen molar-refractivity contribution >= 4 is 29.3 Å². The van der Waals surface area contributed by atoms with Crippen LogP contribution in [0.25, 0.3) is 22.3 Å². The topological polar surface area (TPSA) is 91.2 Å². The zero-order valence-electron chi connectivity index (χ0n) is 19.1. The minimum absolute atomic E-state index is 0. The van der Waals surface area contributed by atoms with Crippen molar-refractivity contribution in [3.63, 3.8) is 0 Å². The summed E-state index contributed by atoms with van der Waals surface area (Å²) in [6, 6.07) is 14.5. The Labute approximate surface area is 200 Å². The molecule has 1 aromatic heterocycles. The highest BCUT2D eigenvalue weighted by Gasteiger charge is 2.21. The highest BCUT2D eigenvalue weighted by Crippen LogP contribution is 2.27. The Morgan fingerprint density at radius 2 is 1.76 bits per heavy atom. The molecule has 0 spiro atoms. The van der Waals surface area contributed by atoms with Gasteiger partial charge in [-0.3, -0.25) is 4.79 Å². The number of hydrogen-bond acceptors (Lipinski definition) is 5. The molecule has 4 rings (SSSR count). The lowest BCUT2D eigenvalue weighted by molar-refractivity contribution is 0.0298. The van der Waals surface area contributed by atoms with Gasteiger partial charge in [0, 0.05) is 17.7 Å². The van der Waals surface area contributed by atoms with Crippen molar-refractivity contribution in [2.45, 2.75) is 45.6 Å². The smallest absolute Gasteiger partial charge is 0.342 e. The first-order chi connectivity index (χ1) is 15.0. The molecule has 1 saturated heterocycles. The number of rotatable bonds is 6. The molecule has 1 atom stereocenters. The van der Waals surface area contributed by atoms with Crippen LogP contribution in [0.1, 0.15) is 48.5 Å². The Kier molecular flexibility index (Phi) is 9.65. The number of hydrogen-bond donors (Lipinski definition) is 0. The number of nitrogens with zero attached hydrogens (tertiary/aromatic N) is 1. The zero-order valence-corrected chi connectivity index (χ0v) is 20.0. The second kappa shape index (κ2) is 12.0. The molecule has 2 heterocycles. The SMILES string of the molecule is Cc1c(-c2ccccc2)oc2c(C(=O)OC(C)CCN3CCCCC3)cccc2c1=O.Cl.O. The number of piperidine rings is 1. The van der Waals surface area contributed by atoms with E-state index in [0.717, 1.165) is 31.6 Å². The largest absolute Gasteiger partial charge is 0.459 e. The van der Waals surface area contributed by atoms with Gasteiger partial charge in [0.15, 0.2) is 11.0 Å². The van der Waals surface area contributed by atoms with E-state index in [-0.39, 0.29) is 40.6 Å². The summed E-state index contributed by atoms with van der Waals surface area (Å²) in [5, 5.41) is 0.396. The van der Waals surface area contributed by atoms with Gasteiger partial charge in [-0.1, -0.05) is 42.8 Å². The molecule has 2 aromatic carbocycles. The van der Waals surface area contributed by atoms with Crippen LogP contribution in [-0.4, -0.2) is 42.1 Å². The summed E-state index contributed by atoms with van der Waals surface area (Å²) in [6.45, 7) is 6.84. The second-order valence-corrected chi connectivity index (χ2v) is 8.34. The van der Waals surface area contributed by atoms with Gasteiger partial charge in [0.2, 0.25) is 0 Å². The fraction of sp³-hybridized carbons (Fsp3) is 0.385. The molecule has 3 aromatic rings. The first-order valence-electron chi connectivity index (χ1n) is 11.1. The predicted octanol–water partition coefficient (Wildman–Crippen LogP) is 4.79. The molecule has 0 aliphatic carbocycles. The van der Waals surface area contributed by atoms with E-state index in [0.29, 0.717) is 16.7 Å². The predicted molar refractivity (Wildman–Crippen MR) is 133 cm³/mol. The van der Waals surface area contributed by atoms with E-state index in [1.54, 1.807) is 25.1 Å². The maximum Gasteiger partial charge on any atom is 0.342 e. The second-order valence-electron chi connectivity index (χ2n) is 8.34. The summed E-state index contributed by atoms with van der Waals surface area (Å²) in [6.07, 6.45) is 4.36. The normalized spacial score (nSPS) is 14.7. The molecule has 1 aliphatic rings. The molecule has 6 nitrogen and oxygen atoms in total. The first kappa shape index (κ1) is 26.6. The Bertz CT molecular complexity index is 1120. The minimum atomic E-state index is -0.456. The summed E-state index contributed by atoms with van der Waals surface area (Å²) in [5.41, 5.74) is 1.77. The van der Waals surface area contributed by atoms with E-state index >= 15 is 0 Å². The molecule has 33 heavy (non-hydrogen) atoms. The maximum absolute atomic E-state index is 13.0. The van der Waals surface area contributed by atoms with Gasteiger partial charge in [-0.25, -0.2) is 4.79 Å². The molecule has 0 radical (unpaired) electrons. The van der Waals surface area contributed by atoms with Crippen molar-refractivity contribution in [1.82, 2.24) is 4.90 Å². The van der Waals surface area contributed by atoms with Crippen molar-refractivity contribution in [2.24, 2.45) is 0 Å². The van der Waals surface area contributed by atoms with Crippen LogP contribution in [0.2, 0.25) is 0 Å². The van der Waals surface area contributed by atoms with E-state index in [2.05, 4.69) is 4.90 Å². The number of esters is 1. The van der Waals surface area contributed by atoms with Crippen LogP contribution in [0.4, 0.5) is 0 Å². The van der Waals surface area contributed by atoms with Crippen LogP contribution >= 0.6 is 12.4 Å². The fourth-order valence-corrected chi connectivity index (χ4v) is 4.19. The number of halogens is 1. The van der Waals surface area contributed by atoms with Gasteiger partial charge in [-0.15, -0.1) is 12.4 Å². The number of ether oxygens (including phenoxy) is 1. The van der Waals surface area contributed by atoms with E-state index in [9.17, 15) is 9.59 Å². The van der Waals surface area contributed by atoms with Gasteiger partial charge in [0.1, 0.15) is 17.4 Å². The number of likely N-dealkylation sites (tertiary alicyclic amines) is 1. The Morgan fingerprint density at radius 3 is 2.45 bits per heavy atom. The molecule has 0 bridgehead atoms. The van der Waals surface area contributed by atoms with Crippen LogP contribution in [0.15, 0.2) is 57.7 Å². The molecule has 178 valence electrons. The van der Waals surface area contributed by atoms with Crippen molar-refractivity contribution in [3.05, 3.63) is 69.9 Å². The molecule has 0 amide bonds. The lowest BCUT2D eigenvalue weighted by atomic mass is 10.0.